The quantitative estimate of drug-likeness (QED) is 0.145. The number of carbonyl (C=O) groups excluding carboxylic acids is 3. The van der Waals surface area contributed by atoms with E-state index in [0.29, 0.717) is 11.8 Å². The molecule has 1 amide bonds. The molecule has 0 saturated carbocycles. The molecule has 0 aromatic heterocycles. The second-order valence-electron chi connectivity index (χ2n) is 14.1. The fourth-order valence-corrected chi connectivity index (χ4v) is 5.98. The van der Waals surface area contributed by atoms with E-state index < -0.39 is 40.7 Å². The van der Waals surface area contributed by atoms with E-state index >= 15 is 4.39 Å². The zero-order valence-corrected chi connectivity index (χ0v) is 27.6. The van der Waals surface area contributed by atoms with E-state index in [9.17, 15) is 14.4 Å². The van der Waals surface area contributed by atoms with Crippen LogP contribution in [-0.4, -0.2) is 47.1 Å². The molecule has 0 heterocycles. The van der Waals surface area contributed by atoms with Crippen molar-refractivity contribution in [2.75, 3.05) is 7.05 Å². The molecule has 1 aliphatic carbocycles. The summed E-state index contributed by atoms with van der Waals surface area (Å²) in [5, 5.41) is 0. The predicted octanol–water partition coefficient (Wildman–Crippen LogP) is 8.23. The molecule has 44 heavy (non-hydrogen) atoms. The Bertz CT molecular complexity index is 1320. The first-order valence-corrected chi connectivity index (χ1v) is 15.2. The van der Waals surface area contributed by atoms with Crippen LogP contribution in [0.2, 0.25) is 0 Å². The number of hydrogen-bond acceptors (Lipinski definition) is 6. The average molecular weight is 610 g/mol. The number of amides is 1. The van der Waals surface area contributed by atoms with Gasteiger partial charge in [-0.05, 0) is 81.6 Å². The topological polar surface area (TPSA) is 82.1 Å². The summed E-state index contributed by atoms with van der Waals surface area (Å²) >= 11 is 0. The Labute approximate surface area is 261 Å². The smallest absolute Gasteiger partial charge is 0.411 e. The number of hydrogen-bond donors (Lipinski definition) is 0. The molecule has 0 N–H and O–H groups in total. The molecule has 7 nitrogen and oxygen atoms in total. The number of likely N-dealkylation sites (N-methyl/N-ethyl adjacent to an activating group) is 1. The minimum atomic E-state index is -2.19. The van der Waals surface area contributed by atoms with Crippen LogP contribution in [0.5, 0.6) is 0 Å². The molecule has 2 unspecified atom stereocenters. The zero-order valence-electron chi connectivity index (χ0n) is 27.6. The maximum Gasteiger partial charge on any atom is 0.411 e. The van der Waals surface area contributed by atoms with Crippen LogP contribution >= 0.6 is 0 Å². The Morgan fingerprint density at radius 3 is 2.14 bits per heavy atom. The Morgan fingerprint density at radius 1 is 1.02 bits per heavy atom. The van der Waals surface area contributed by atoms with Crippen molar-refractivity contribution >= 4 is 23.9 Å². The van der Waals surface area contributed by atoms with Crippen molar-refractivity contribution < 1.29 is 33.3 Å². The minimum absolute atomic E-state index is 0.0847. The van der Waals surface area contributed by atoms with E-state index in [0.717, 1.165) is 35.3 Å². The Morgan fingerprint density at radius 2 is 1.64 bits per heavy atom. The van der Waals surface area contributed by atoms with Crippen LogP contribution in [0.4, 0.5) is 9.18 Å². The number of halogens is 1. The molecule has 0 saturated heterocycles. The van der Waals surface area contributed by atoms with Crippen LogP contribution in [0, 0.1) is 11.3 Å². The minimum Gasteiger partial charge on any atom is -0.444 e. The van der Waals surface area contributed by atoms with Crippen molar-refractivity contribution in [3.05, 3.63) is 77.4 Å². The van der Waals surface area contributed by atoms with Gasteiger partial charge in [0.1, 0.15) is 24.2 Å². The van der Waals surface area contributed by atoms with Gasteiger partial charge in [-0.1, -0.05) is 81.4 Å². The van der Waals surface area contributed by atoms with Gasteiger partial charge in [0.05, 0.1) is 5.92 Å². The van der Waals surface area contributed by atoms with Crippen LogP contribution in [0.15, 0.2) is 60.7 Å². The van der Waals surface area contributed by atoms with Crippen LogP contribution < -0.4 is 0 Å². The number of rotatable bonds is 11. The van der Waals surface area contributed by atoms with E-state index in [-0.39, 0.29) is 12.0 Å². The molecule has 1 aliphatic rings. The van der Waals surface area contributed by atoms with Crippen LogP contribution in [0.25, 0.3) is 5.57 Å². The van der Waals surface area contributed by atoms with Gasteiger partial charge in [-0.3, -0.25) is 9.79 Å². The highest BCUT2D eigenvalue weighted by atomic mass is 19.1. The van der Waals surface area contributed by atoms with Gasteiger partial charge in [-0.15, -0.1) is 0 Å². The van der Waals surface area contributed by atoms with Gasteiger partial charge < -0.3 is 9.53 Å². The number of alkyl halides is 1. The number of carbonyl (C=O) groups is 3. The standard InChI is InChI=1S/C36H48FNO6/c1-25(23-39)36(38(9)32(41)43-33(2,3)4,31(40)44-42-24-26-13-11-10-12-14-26)30(35(7,8)37)29-17-15-27(16-18-29)28-19-21-34(5,6)22-20-28/h10-19,23,25,30H,20-22,24H2,1-9H3/t25?,30?,36-/m0/s1. The summed E-state index contributed by atoms with van der Waals surface area (Å²) in [5.41, 5.74) is -1.64. The van der Waals surface area contributed by atoms with Crippen molar-refractivity contribution in [1.82, 2.24) is 4.90 Å². The Kier molecular flexibility index (Phi) is 10.8. The third-order valence-electron chi connectivity index (χ3n) is 8.36. The van der Waals surface area contributed by atoms with E-state index in [1.54, 1.807) is 45.0 Å². The van der Waals surface area contributed by atoms with Gasteiger partial charge in [-0.25, -0.2) is 14.0 Å². The Hall–Kier alpha value is -3.52. The van der Waals surface area contributed by atoms with Crippen LogP contribution in [0.1, 0.15) is 97.3 Å². The Balaban J connectivity index is 2.14. The largest absolute Gasteiger partial charge is 0.444 e. The molecule has 3 rings (SSSR count). The highest BCUT2D eigenvalue weighted by molar-refractivity contribution is 5.90. The summed E-state index contributed by atoms with van der Waals surface area (Å²) in [7, 11) is 1.33. The van der Waals surface area contributed by atoms with E-state index in [2.05, 4.69) is 19.9 Å². The van der Waals surface area contributed by atoms with Gasteiger partial charge in [0.2, 0.25) is 0 Å². The molecule has 2 aromatic carbocycles. The third-order valence-corrected chi connectivity index (χ3v) is 8.36. The second kappa shape index (κ2) is 13.6. The van der Waals surface area contributed by atoms with Gasteiger partial charge in [-0.2, -0.15) is 4.89 Å². The number of aldehydes is 1. The molecule has 0 spiro atoms. The summed E-state index contributed by atoms with van der Waals surface area (Å²) < 4.78 is 22.3. The summed E-state index contributed by atoms with van der Waals surface area (Å²) in [5.74, 6) is -3.66. The number of benzene rings is 2. The third kappa shape index (κ3) is 8.14. The van der Waals surface area contributed by atoms with Crippen LogP contribution in [-0.2, 0) is 30.7 Å². The van der Waals surface area contributed by atoms with Crippen LogP contribution in [0.3, 0.4) is 0 Å². The molecule has 8 heteroatoms. The SMILES string of the molecule is CC(C=O)[C@@](C(=O)OOCc1ccccc1)(C(c1ccc(C2=CCC(C)(C)CC2)cc1)C(C)(C)F)N(C)C(=O)OC(C)(C)C. The first-order chi connectivity index (χ1) is 20.4. The van der Waals surface area contributed by atoms with Crippen molar-refractivity contribution in [2.24, 2.45) is 11.3 Å². The number of ether oxygens (including phenoxy) is 1. The maximum atomic E-state index is 16.6. The average Bonchev–Trinajstić information content (AvgIpc) is 2.94. The van der Waals surface area contributed by atoms with Gasteiger partial charge in [0.25, 0.3) is 0 Å². The van der Waals surface area contributed by atoms with E-state index in [1.165, 1.54) is 33.4 Å². The zero-order chi connectivity index (χ0) is 32.9. The molecular weight excluding hydrogens is 561 g/mol. The van der Waals surface area contributed by atoms with Crippen molar-refractivity contribution in [1.29, 1.82) is 0 Å². The van der Waals surface area contributed by atoms with Crippen molar-refractivity contribution in [3.8, 4) is 0 Å². The second-order valence-corrected chi connectivity index (χ2v) is 14.1. The summed E-state index contributed by atoms with van der Waals surface area (Å²) in [4.78, 5) is 52.2. The van der Waals surface area contributed by atoms with Gasteiger partial charge >= 0.3 is 12.1 Å². The molecule has 2 aromatic rings. The normalized spacial score (nSPS) is 17.8. The molecule has 0 aliphatic heterocycles. The molecule has 0 radical (unpaired) electrons. The predicted molar refractivity (Wildman–Crippen MR) is 169 cm³/mol. The lowest BCUT2D eigenvalue weighted by atomic mass is 9.65. The first kappa shape index (κ1) is 35.0. The maximum absolute atomic E-state index is 16.6. The van der Waals surface area contributed by atoms with Gasteiger partial charge in [0.15, 0.2) is 5.54 Å². The molecule has 0 fully saturated rings. The van der Waals surface area contributed by atoms with E-state index in [1.807, 2.05) is 30.3 Å². The monoisotopic (exact) mass is 609 g/mol. The molecule has 3 atom stereocenters. The fraction of sp³-hybridized carbons (Fsp3) is 0.528. The lowest BCUT2D eigenvalue weighted by Crippen LogP contribution is -2.67. The van der Waals surface area contributed by atoms with Gasteiger partial charge in [0, 0.05) is 13.0 Å². The first-order valence-electron chi connectivity index (χ1n) is 15.2. The highest BCUT2D eigenvalue weighted by Crippen LogP contribution is 2.48. The summed E-state index contributed by atoms with van der Waals surface area (Å²) in [6.07, 6.45) is 4.79. The molecule has 0 bridgehead atoms. The van der Waals surface area contributed by atoms with Crippen molar-refractivity contribution in [2.45, 2.75) is 104 Å². The molecular formula is C36H48FNO6. The fourth-order valence-electron chi connectivity index (χ4n) is 5.98. The van der Waals surface area contributed by atoms with E-state index in [4.69, 9.17) is 14.5 Å². The van der Waals surface area contributed by atoms with Crippen molar-refractivity contribution in [3.63, 3.8) is 0 Å². The highest BCUT2D eigenvalue weighted by Gasteiger charge is 2.62. The lowest BCUT2D eigenvalue weighted by Gasteiger charge is -2.49. The number of allylic oxidation sites excluding steroid dienone is 2. The molecule has 240 valence electrons. The summed E-state index contributed by atoms with van der Waals surface area (Å²) in [6, 6.07) is 16.4. The number of nitrogens with zero attached hydrogens (tertiary/aromatic N) is 1. The lowest BCUT2D eigenvalue weighted by molar-refractivity contribution is -0.291. The summed E-state index contributed by atoms with van der Waals surface area (Å²) in [6.45, 7) is 13.6.